The number of aromatic amines is 1. The van der Waals surface area contributed by atoms with Crippen molar-refractivity contribution in [1.29, 1.82) is 0 Å². The van der Waals surface area contributed by atoms with E-state index in [1.54, 1.807) is 20.8 Å². The van der Waals surface area contributed by atoms with E-state index in [0.29, 0.717) is 0 Å². The molecule has 0 spiro atoms. The van der Waals surface area contributed by atoms with E-state index in [1.165, 1.54) is 16.6 Å². The molecule has 9 heteroatoms. The molecule has 0 aliphatic heterocycles. The highest BCUT2D eigenvalue weighted by molar-refractivity contribution is 5.78. The Morgan fingerprint density at radius 2 is 1.86 bits per heavy atom. The molecule has 0 aliphatic rings. The van der Waals surface area contributed by atoms with Gasteiger partial charge >= 0.3 is 11.7 Å². The minimum atomic E-state index is -0.676. The number of hydrogen-bond donors (Lipinski definition) is 2. The van der Waals surface area contributed by atoms with Crippen LogP contribution in [0.4, 0.5) is 11.5 Å². The van der Waals surface area contributed by atoms with Crippen molar-refractivity contribution in [1.82, 2.24) is 9.55 Å². The predicted molar refractivity (Wildman–Crippen MR) is 111 cm³/mol. The minimum absolute atomic E-state index is 0.0321. The van der Waals surface area contributed by atoms with Crippen LogP contribution in [-0.4, -0.2) is 41.4 Å². The summed E-state index contributed by atoms with van der Waals surface area (Å²) in [6.45, 7) is 5.71. The molecule has 0 atom stereocenters. The van der Waals surface area contributed by atoms with Crippen molar-refractivity contribution >= 4 is 17.5 Å². The second-order valence-electron chi connectivity index (χ2n) is 7.57. The number of benzene rings is 1. The molecule has 0 unspecified atom stereocenters. The van der Waals surface area contributed by atoms with Gasteiger partial charge in [0.1, 0.15) is 23.7 Å². The van der Waals surface area contributed by atoms with Crippen molar-refractivity contribution in [3.8, 4) is 0 Å². The lowest BCUT2D eigenvalue weighted by molar-refractivity contribution is -0.153. The number of carbonyl (C=O) groups excluding carboxylic acids is 1. The third-order valence-electron chi connectivity index (χ3n) is 4.01. The van der Waals surface area contributed by atoms with Crippen molar-refractivity contribution in [2.24, 2.45) is 0 Å². The highest BCUT2D eigenvalue weighted by Crippen LogP contribution is 2.20. The summed E-state index contributed by atoms with van der Waals surface area (Å²) in [7, 11) is 1.50. The second kappa shape index (κ2) is 9.42. The molecule has 0 aliphatic carbocycles. The van der Waals surface area contributed by atoms with E-state index in [4.69, 9.17) is 15.2 Å². The fraction of sp³-hybridized carbons (Fsp3) is 0.450. The number of ether oxygens (including phenoxy) is 2. The molecule has 1 aromatic heterocycles. The first kappa shape index (κ1) is 22.2. The van der Waals surface area contributed by atoms with Crippen molar-refractivity contribution in [3.63, 3.8) is 0 Å². The monoisotopic (exact) mass is 404 g/mol. The van der Waals surface area contributed by atoms with Crippen LogP contribution < -0.4 is 21.9 Å². The molecule has 158 valence electrons. The average molecular weight is 404 g/mol. The minimum Gasteiger partial charge on any atom is -0.459 e. The lowest BCUT2D eigenvalue weighted by Gasteiger charge is -2.27. The smallest absolute Gasteiger partial charge is 0.330 e. The lowest BCUT2D eigenvalue weighted by Crippen LogP contribution is -2.41. The maximum absolute atomic E-state index is 12.6. The number of aromatic nitrogens is 2. The van der Waals surface area contributed by atoms with E-state index in [1.807, 2.05) is 30.3 Å². The molecule has 1 heterocycles. The normalized spacial score (nSPS) is 11.3. The molecule has 2 rings (SSSR count). The van der Waals surface area contributed by atoms with Gasteiger partial charge in [0.05, 0.1) is 13.2 Å². The topological polar surface area (TPSA) is 120 Å². The fourth-order valence-electron chi connectivity index (χ4n) is 2.83. The fourth-order valence-corrected chi connectivity index (χ4v) is 2.83. The molecule has 9 nitrogen and oxygen atoms in total. The van der Waals surface area contributed by atoms with Crippen molar-refractivity contribution in [3.05, 3.63) is 56.7 Å². The highest BCUT2D eigenvalue weighted by Gasteiger charge is 2.24. The number of anilines is 2. The maximum Gasteiger partial charge on any atom is 0.330 e. The van der Waals surface area contributed by atoms with Gasteiger partial charge in [-0.1, -0.05) is 30.3 Å². The standard InChI is InChI=1S/C20H28N4O5/c1-20(2,3)29-15(25)13-23(12-14-8-6-5-7-9-14)16-17(21)24(10-11-28-4)19(27)22-18(16)26/h5-9H,10-13,21H2,1-4H3,(H,22,26,27). The average Bonchev–Trinajstić information content (AvgIpc) is 2.60. The van der Waals surface area contributed by atoms with E-state index in [9.17, 15) is 14.4 Å². The molecule has 0 saturated heterocycles. The van der Waals surface area contributed by atoms with Crippen LogP contribution in [0.5, 0.6) is 0 Å². The van der Waals surface area contributed by atoms with E-state index >= 15 is 0 Å². The number of H-pyrrole nitrogens is 1. The van der Waals surface area contributed by atoms with Crippen LogP contribution in [0.15, 0.2) is 39.9 Å². The van der Waals surface area contributed by atoms with Gasteiger partial charge < -0.3 is 20.1 Å². The first-order chi connectivity index (χ1) is 13.6. The third kappa shape index (κ3) is 6.21. The molecule has 0 bridgehead atoms. The van der Waals surface area contributed by atoms with Gasteiger partial charge in [-0.2, -0.15) is 0 Å². The number of esters is 1. The molecule has 0 radical (unpaired) electrons. The summed E-state index contributed by atoms with van der Waals surface area (Å²) in [5.41, 5.74) is 5.10. The summed E-state index contributed by atoms with van der Waals surface area (Å²) >= 11 is 0. The van der Waals surface area contributed by atoms with Crippen LogP contribution in [0.3, 0.4) is 0 Å². The van der Waals surface area contributed by atoms with Crippen LogP contribution >= 0.6 is 0 Å². The Kier molecular flexibility index (Phi) is 7.22. The van der Waals surface area contributed by atoms with Crippen molar-refractivity contribution in [2.45, 2.75) is 39.5 Å². The quantitative estimate of drug-likeness (QED) is 0.633. The Morgan fingerprint density at radius 1 is 1.21 bits per heavy atom. The molecular weight excluding hydrogens is 376 g/mol. The van der Waals surface area contributed by atoms with Crippen LogP contribution in [0.25, 0.3) is 0 Å². The number of nitrogens with two attached hydrogens (primary N) is 1. The van der Waals surface area contributed by atoms with Crippen molar-refractivity contribution in [2.75, 3.05) is 30.9 Å². The number of nitrogens with one attached hydrogen (secondary N) is 1. The Hall–Kier alpha value is -3.07. The Labute approximate surface area is 169 Å². The lowest BCUT2D eigenvalue weighted by atomic mass is 10.2. The molecule has 0 fully saturated rings. The Morgan fingerprint density at radius 3 is 2.45 bits per heavy atom. The van der Waals surface area contributed by atoms with E-state index in [0.717, 1.165) is 5.56 Å². The SMILES string of the molecule is COCCn1c(N)c(N(CC(=O)OC(C)(C)C)Cc2ccccc2)c(=O)[nH]c1=O. The van der Waals surface area contributed by atoms with Crippen LogP contribution in [-0.2, 0) is 27.4 Å². The number of hydrogen-bond acceptors (Lipinski definition) is 7. The van der Waals surface area contributed by atoms with Gasteiger partial charge in [0.15, 0.2) is 0 Å². The van der Waals surface area contributed by atoms with Gasteiger partial charge in [0.25, 0.3) is 5.56 Å². The third-order valence-corrected chi connectivity index (χ3v) is 4.01. The molecule has 0 saturated carbocycles. The zero-order valence-corrected chi connectivity index (χ0v) is 17.2. The summed E-state index contributed by atoms with van der Waals surface area (Å²) < 4.78 is 11.6. The van der Waals surface area contributed by atoms with E-state index in [2.05, 4.69) is 4.98 Å². The summed E-state index contributed by atoms with van der Waals surface area (Å²) in [6, 6.07) is 9.32. The van der Waals surface area contributed by atoms with Crippen molar-refractivity contribution < 1.29 is 14.3 Å². The Balaban J connectivity index is 2.48. The molecule has 0 amide bonds. The van der Waals surface area contributed by atoms with Gasteiger partial charge in [0.2, 0.25) is 0 Å². The number of nitrogens with zero attached hydrogens (tertiary/aromatic N) is 2. The van der Waals surface area contributed by atoms with Gasteiger partial charge in [-0.3, -0.25) is 19.1 Å². The van der Waals surface area contributed by atoms with Gasteiger partial charge in [-0.25, -0.2) is 4.79 Å². The molecule has 1 aromatic carbocycles. The van der Waals surface area contributed by atoms with Crippen LogP contribution in [0.1, 0.15) is 26.3 Å². The molecular formula is C20H28N4O5. The predicted octanol–water partition coefficient (Wildman–Crippen LogP) is 1.11. The first-order valence-corrected chi connectivity index (χ1v) is 9.24. The molecule has 3 N–H and O–H groups in total. The maximum atomic E-state index is 12.6. The van der Waals surface area contributed by atoms with E-state index in [-0.39, 0.29) is 37.7 Å². The Bertz CT molecular complexity index is 944. The number of methoxy groups -OCH3 is 1. The summed E-state index contributed by atoms with van der Waals surface area (Å²) in [4.78, 5) is 41.0. The molecule has 2 aromatic rings. The second-order valence-corrected chi connectivity index (χ2v) is 7.57. The molecule has 29 heavy (non-hydrogen) atoms. The first-order valence-electron chi connectivity index (χ1n) is 9.24. The van der Waals surface area contributed by atoms with Crippen LogP contribution in [0.2, 0.25) is 0 Å². The summed E-state index contributed by atoms with van der Waals surface area (Å²) in [5.74, 6) is -0.544. The highest BCUT2D eigenvalue weighted by atomic mass is 16.6. The number of rotatable bonds is 8. The van der Waals surface area contributed by atoms with Gasteiger partial charge in [-0.05, 0) is 26.3 Å². The largest absolute Gasteiger partial charge is 0.459 e. The zero-order valence-electron chi connectivity index (χ0n) is 17.2. The summed E-state index contributed by atoms with van der Waals surface area (Å²) in [5, 5.41) is 0. The van der Waals surface area contributed by atoms with Gasteiger partial charge in [-0.15, -0.1) is 0 Å². The number of carbonyl (C=O) groups is 1. The van der Waals surface area contributed by atoms with E-state index < -0.39 is 22.8 Å². The van der Waals surface area contributed by atoms with Crippen LogP contribution in [0, 0.1) is 0 Å². The van der Waals surface area contributed by atoms with Gasteiger partial charge in [0, 0.05) is 13.7 Å². The summed E-state index contributed by atoms with van der Waals surface area (Å²) in [6.07, 6.45) is 0. The number of nitrogen functional groups attached to an aromatic ring is 1. The zero-order chi connectivity index (χ0) is 21.6.